The summed E-state index contributed by atoms with van der Waals surface area (Å²) in [5.74, 6) is 0. The molecule has 16 heavy (non-hydrogen) atoms. The third-order valence-corrected chi connectivity index (χ3v) is 2.36. The van der Waals surface area contributed by atoms with Crippen LogP contribution in [-0.2, 0) is 13.6 Å². The summed E-state index contributed by atoms with van der Waals surface area (Å²) in [6, 6.07) is 7.78. The van der Waals surface area contributed by atoms with Crippen LogP contribution in [0.5, 0.6) is 0 Å². The Hall–Kier alpha value is -2.04. The second-order valence-electron chi connectivity index (χ2n) is 3.83. The van der Waals surface area contributed by atoms with Crippen molar-refractivity contribution in [2.45, 2.75) is 6.54 Å². The lowest BCUT2D eigenvalue weighted by molar-refractivity contribution is 0.712. The van der Waals surface area contributed by atoms with Gasteiger partial charge in [0.05, 0.1) is 6.54 Å². The summed E-state index contributed by atoms with van der Waals surface area (Å²) in [6.45, 7) is 0.720. The molecule has 0 fully saturated rings. The van der Waals surface area contributed by atoms with E-state index in [1.807, 2.05) is 44.6 Å². The Morgan fingerprint density at radius 2 is 2.25 bits per heavy atom. The molecule has 2 N–H and O–H groups in total. The van der Waals surface area contributed by atoms with Crippen LogP contribution in [0.2, 0.25) is 0 Å². The standard InChI is InChI=1S/C11H15N5/c1-15(7-10-8-16(2)14-13-10)11-5-3-4-9(12)6-11/h3-6,8H,7,12H2,1-2H3. The number of nitrogen functional groups attached to an aromatic ring is 1. The van der Waals surface area contributed by atoms with Gasteiger partial charge in [0.25, 0.3) is 0 Å². The molecule has 2 aromatic rings. The maximum atomic E-state index is 5.74. The van der Waals surface area contributed by atoms with Gasteiger partial charge in [0, 0.05) is 31.7 Å². The fraction of sp³-hybridized carbons (Fsp3) is 0.273. The fourth-order valence-electron chi connectivity index (χ4n) is 1.56. The van der Waals surface area contributed by atoms with Gasteiger partial charge in [-0.25, -0.2) is 0 Å². The van der Waals surface area contributed by atoms with E-state index in [0.717, 1.165) is 23.6 Å². The quantitative estimate of drug-likeness (QED) is 0.780. The molecule has 5 nitrogen and oxygen atoms in total. The maximum Gasteiger partial charge on any atom is 0.102 e. The molecule has 1 aromatic heterocycles. The van der Waals surface area contributed by atoms with Crippen LogP contribution >= 0.6 is 0 Å². The highest BCUT2D eigenvalue weighted by molar-refractivity contribution is 5.55. The lowest BCUT2D eigenvalue weighted by atomic mass is 10.2. The molecule has 0 aliphatic heterocycles. The number of aromatic nitrogens is 3. The summed E-state index contributed by atoms with van der Waals surface area (Å²) in [6.07, 6.45) is 1.91. The van der Waals surface area contributed by atoms with E-state index < -0.39 is 0 Å². The molecular weight excluding hydrogens is 202 g/mol. The van der Waals surface area contributed by atoms with E-state index in [9.17, 15) is 0 Å². The Balaban J connectivity index is 2.11. The molecule has 1 aromatic carbocycles. The summed E-state index contributed by atoms with van der Waals surface area (Å²) in [4.78, 5) is 2.08. The van der Waals surface area contributed by atoms with Crippen LogP contribution in [0.25, 0.3) is 0 Å². The Kier molecular flexibility index (Phi) is 2.76. The van der Waals surface area contributed by atoms with Crippen LogP contribution in [0.15, 0.2) is 30.5 Å². The van der Waals surface area contributed by atoms with E-state index in [1.165, 1.54) is 0 Å². The molecule has 84 valence electrons. The van der Waals surface area contributed by atoms with Crippen LogP contribution in [0, 0.1) is 0 Å². The Morgan fingerprint density at radius 3 is 2.88 bits per heavy atom. The number of hydrogen-bond donors (Lipinski definition) is 1. The van der Waals surface area contributed by atoms with Crippen LogP contribution in [0.4, 0.5) is 11.4 Å². The van der Waals surface area contributed by atoms with Gasteiger partial charge >= 0.3 is 0 Å². The molecule has 0 unspecified atom stereocenters. The number of nitrogens with two attached hydrogens (primary N) is 1. The molecule has 0 saturated heterocycles. The van der Waals surface area contributed by atoms with Gasteiger partial charge in [-0.1, -0.05) is 11.3 Å². The molecule has 0 atom stereocenters. The SMILES string of the molecule is CN(Cc1cn(C)nn1)c1cccc(N)c1. The summed E-state index contributed by atoms with van der Waals surface area (Å²) < 4.78 is 1.70. The van der Waals surface area contributed by atoms with Gasteiger partial charge in [0.2, 0.25) is 0 Å². The first-order valence-corrected chi connectivity index (χ1v) is 5.07. The average molecular weight is 217 g/mol. The van der Waals surface area contributed by atoms with Crippen molar-refractivity contribution in [3.63, 3.8) is 0 Å². The zero-order valence-electron chi connectivity index (χ0n) is 9.46. The minimum absolute atomic E-state index is 0.720. The monoisotopic (exact) mass is 217 g/mol. The molecule has 0 bridgehead atoms. The van der Waals surface area contributed by atoms with E-state index in [1.54, 1.807) is 4.68 Å². The molecule has 0 saturated carbocycles. The van der Waals surface area contributed by atoms with Crippen molar-refractivity contribution in [2.24, 2.45) is 7.05 Å². The molecule has 0 radical (unpaired) electrons. The third-order valence-electron chi connectivity index (χ3n) is 2.36. The lowest BCUT2D eigenvalue weighted by Crippen LogP contribution is -2.16. The third kappa shape index (κ3) is 2.31. The molecule has 0 aliphatic rings. The van der Waals surface area contributed by atoms with Crippen LogP contribution in [0.3, 0.4) is 0 Å². The first-order valence-electron chi connectivity index (χ1n) is 5.07. The second-order valence-corrected chi connectivity index (χ2v) is 3.83. The average Bonchev–Trinajstić information content (AvgIpc) is 2.64. The number of aryl methyl sites for hydroxylation is 1. The van der Waals surface area contributed by atoms with Gasteiger partial charge in [0.15, 0.2) is 0 Å². The Bertz CT molecular complexity index is 477. The van der Waals surface area contributed by atoms with Gasteiger partial charge in [0.1, 0.15) is 5.69 Å². The topological polar surface area (TPSA) is 60.0 Å². The predicted octanol–water partition coefficient (Wildman–Crippen LogP) is 1.03. The van der Waals surface area contributed by atoms with Crippen molar-refractivity contribution in [3.05, 3.63) is 36.2 Å². The van der Waals surface area contributed by atoms with Gasteiger partial charge < -0.3 is 10.6 Å². The van der Waals surface area contributed by atoms with Gasteiger partial charge in [-0.3, -0.25) is 4.68 Å². The number of anilines is 2. The van der Waals surface area contributed by atoms with E-state index >= 15 is 0 Å². The molecule has 5 heteroatoms. The van der Waals surface area contributed by atoms with Crippen LogP contribution < -0.4 is 10.6 Å². The van der Waals surface area contributed by atoms with Crippen LogP contribution in [0.1, 0.15) is 5.69 Å². The smallest absolute Gasteiger partial charge is 0.102 e. The minimum Gasteiger partial charge on any atom is -0.399 e. The maximum absolute atomic E-state index is 5.74. The number of hydrogen-bond acceptors (Lipinski definition) is 4. The van der Waals surface area contributed by atoms with Crippen molar-refractivity contribution in [1.29, 1.82) is 0 Å². The highest BCUT2D eigenvalue weighted by Crippen LogP contribution is 2.17. The molecule has 2 rings (SSSR count). The van der Waals surface area contributed by atoms with E-state index in [4.69, 9.17) is 5.73 Å². The van der Waals surface area contributed by atoms with Gasteiger partial charge in [-0.15, -0.1) is 5.10 Å². The predicted molar refractivity (Wildman–Crippen MR) is 64.0 cm³/mol. The van der Waals surface area contributed by atoms with Crippen molar-refractivity contribution in [3.8, 4) is 0 Å². The van der Waals surface area contributed by atoms with Crippen molar-refractivity contribution < 1.29 is 0 Å². The van der Waals surface area contributed by atoms with Crippen molar-refractivity contribution in [1.82, 2.24) is 15.0 Å². The zero-order valence-corrected chi connectivity index (χ0v) is 9.46. The highest BCUT2D eigenvalue weighted by Gasteiger charge is 2.04. The summed E-state index contributed by atoms with van der Waals surface area (Å²) in [5.41, 5.74) is 8.51. The fourth-order valence-corrected chi connectivity index (χ4v) is 1.56. The van der Waals surface area contributed by atoms with E-state index in [-0.39, 0.29) is 0 Å². The van der Waals surface area contributed by atoms with Gasteiger partial charge in [-0.2, -0.15) is 0 Å². The molecule has 0 amide bonds. The van der Waals surface area contributed by atoms with E-state index in [0.29, 0.717) is 0 Å². The van der Waals surface area contributed by atoms with Gasteiger partial charge in [-0.05, 0) is 18.2 Å². The zero-order chi connectivity index (χ0) is 11.5. The molecule has 1 heterocycles. The largest absolute Gasteiger partial charge is 0.399 e. The minimum atomic E-state index is 0.720. The van der Waals surface area contributed by atoms with Crippen molar-refractivity contribution >= 4 is 11.4 Å². The summed E-state index contributed by atoms with van der Waals surface area (Å²) >= 11 is 0. The second kappa shape index (κ2) is 4.22. The van der Waals surface area contributed by atoms with Crippen LogP contribution in [-0.4, -0.2) is 22.0 Å². The first kappa shape index (κ1) is 10.5. The summed E-state index contributed by atoms with van der Waals surface area (Å²) in [7, 11) is 3.86. The first-order chi connectivity index (χ1) is 7.65. The molecule has 0 spiro atoms. The van der Waals surface area contributed by atoms with Crippen molar-refractivity contribution in [2.75, 3.05) is 17.7 Å². The Labute approximate surface area is 94.5 Å². The summed E-state index contributed by atoms with van der Waals surface area (Å²) in [5, 5.41) is 7.94. The Morgan fingerprint density at radius 1 is 1.44 bits per heavy atom. The number of nitrogens with zero attached hydrogens (tertiary/aromatic N) is 4. The molecular formula is C11H15N5. The number of rotatable bonds is 3. The normalized spacial score (nSPS) is 10.4. The van der Waals surface area contributed by atoms with E-state index in [2.05, 4.69) is 15.2 Å². The number of benzene rings is 1. The lowest BCUT2D eigenvalue weighted by Gasteiger charge is -2.17. The highest BCUT2D eigenvalue weighted by atomic mass is 15.4. The molecule has 0 aliphatic carbocycles.